The molecule has 2 saturated carbocycles. The first-order valence-electron chi connectivity index (χ1n) is 9.83. The van der Waals surface area contributed by atoms with E-state index in [0.717, 1.165) is 12.8 Å². The van der Waals surface area contributed by atoms with E-state index in [1.165, 1.54) is 4.90 Å². The molecule has 0 aromatic heterocycles. The summed E-state index contributed by atoms with van der Waals surface area (Å²) in [7, 11) is 0. The number of benzene rings is 1. The van der Waals surface area contributed by atoms with Gasteiger partial charge < -0.3 is 5.32 Å². The van der Waals surface area contributed by atoms with E-state index in [1.807, 2.05) is 20.8 Å². The maximum Gasteiger partial charge on any atom is 0.251 e. The van der Waals surface area contributed by atoms with Crippen LogP contribution in [-0.2, 0) is 9.59 Å². The van der Waals surface area contributed by atoms with E-state index in [-0.39, 0.29) is 40.5 Å². The molecule has 1 heterocycles. The van der Waals surface area contributed by atoms with E-state index in [2.05, 4.69) is 19.2 Å². The summed E-state index contributed by atoms with van der Waals surface area (Å²) in [6, 6.07) is 6.79. The molecule has 1 aliphatic heterocycles. The van der Waals surface area contributed by atoms with Gasteiger partial charge in [0.2, 0.25) is 11.8 Å². The minimum atomic E-state index is -0.319. The average Bonchev–Trinajstić information content (AvgIpc) is 3.09. The highest BCUT2D eigenvalue weighted by Gasteiger charge is 2.68. The Morgan fingerprint density at radius 3 is 1.93 bits per heavy atom. The van der Waals surface area contributed by atoms with Gasteiger partial charge in [-0.05, 0) is 75.1 Å². The van der Waals surface area contributed by atoms with Crippen molar-refractivity contribution in [1.29, 1.82) is 0 Å². The van der Waals surface area contributed by atoms with E-state index in [4.69, 9.17) is 0 Å². The van der Waals surface area contributed by atoms with Crippen molar-refractivity contribution in [2.45, 2.75) is 53.0 Å². The minimum absolute atomic E-state index is 0.0582. The molecule has 3 fully saturated rings. The maximum atomic E-state index is 13.1. The molecule has 3 amide bonds. The van der Waals surface area contributed by atoms with Gasteiger partial charge in [-0.1, -0.05) is 13.8 Å². The number of fused-ring (bicyclic) bond motifs is 5. The van der Waals surface area contributed by atoms with Gasteiger partial charge in [-0.15, -0.1) is 0 Å². The topological polar surface area (TPSA) is 66.5 Å². The van der Waals surface area contributed by atoms with Crippen LogP contribution < -0.4 is 10.2 Å². The molecular weight excluding hydrogens is 340 g/mol. The summed E-state index contributed by atoms with van der Waals surface area (Å²) in [4.78, 5) is 39.9. The Morgan fingerprint density at radius 2 is 1.48 bits per heavy atom. The zero-order valence-electron chi connectivity index (χ0n) is 16.7. The molecule has 27 heavy (non-hydrogen) atoms. The monoisotopic (exact) mass is 368 g/mol. The largest absolute Gasteiger partial charge is 0.347 e. The Morgan fingerprint density at radius 1 is 1.00 bits per heavy atom. The van der Waals surface area contributed by atoms with Crippen molar-refractivity contribution in [2.24, 2.45) is 29.1 Å². The lowest BCUT2D eigenvalue weighted by Gasteiger charge is -2.28. The number of nitrogens with one attached hydrogen (secondary N) is 1. The van der Waals surface area contributed by atoms with E-state index in [0.29, 0.717) is 23.1 Å². The van der Waals surface area contributed by atoms with E-state index >= 15 is 0 Å². The summed E-state index contributed by atoms with van der Waals surface area (Å²) in [6.45, 7) is 10.2. The van der Waals surface area contributed by atoms with Gasteiger partial charge in [-0.25, -0.2) is 0 Å². The lowest BCUT2D eigenvalue weighted by Crippen LogP contribution is -2.40. The van der Waals surface area contributed by atoms with Crippen molar-refractivity contribution in [1.82, 2.24) is 5.32 Å². The standard InChI is InChI=1S/C22H28N2O3/c1-21(2,3)23-18(25)12-6-8-13(9-7-12)24-19(26)16-14-10-11-15(22(14,4)5)17(16)20(24)27/h6-9,14-17H,10-11H2,1-5H3,(H,23,25). The number of carbonyl (C=O) groups excluding carboxylic acids is 3. The van der Waals surface area contributed by atoms with Crippen molar-refractivity contribution in [3.8, 4) is 0 Å². The lowest BCUT2D eigenvalue weighted by molar-refractivity contribution is -0.124. The molecular formula is C22H28N2O3. The quantitative estimate of drug-likeness (QED) is 0.814. The van der Waals surface area contributed by atoms with Gasteiger partial charge in [0.05, 0.1) is 17.5 Å². The molecule has 1 aromatic rings. The molecule has 1 N–H and O–H groups in total. The summed E-state index contributed by atoms with van der Waals surface area (Å²) in [6.07, 6.45) is 2.08. The van der Waals surface area contributed by atoms with E-state index < -0.39 is 0 Å². The summed E-state index contributed by atoms with van der Waals surface area (Å²) in [5.74, 6) is -0.0269. The van der Waals surface area contributed by atoms with Crippen LogP contribution in [0.5, 0.6) is 0 Å². The van der Waals surface area contributed by atoms with Crippen LogP contribution in [0.1, 0.15) is 57.8 Å². The van der Waals surface area contributed by atoms with Gasteiger partial charge in [0.1, 0.15) is 0 Å². The Hall–Kier alpha value is -2.17. The third-order valence-electron chi connectivity index (χ3n) is 6.84. The van der Waals surface area contributed by atoms with Gasteiger partial charge in [-0.2, -0.15) is 0 Å². The molecule has 4 rings (SSSR count). The van der Waals surface area contributed by atoms with Gasteiger partial charge in [0.15, 0.2) is 0 Å². The molecule has 5 nitrogen and oxygen atoms in total. The minimum Gasteiger partial charge on any atom is -0.347 e. The van der Waals surface area contributed by atoms with Crippen LogP contribution in [0.4, 0.5) is 5.69 Å². The number of hydrogen-bond donors (Lipinski definition) is 1. The molecule has 4 atom stereocenters. The maximum absolute atomic E-state index is 13.1. The number of imide groups is 1. The highest BCUT2D eigenvalue weighted by atomic mass is 16.2. The van der Waals surface area contributed by atoms with Gasteiger partial charge in [0, 0.05) is 11.1 Å². The van der Waals surface area contributed by atoms with Crippen molar-refractivity contribution in [2.75, 3.05) is 4.90 Å². The third-order valence-corrected chi connectivity index (χ3v) is 6.84. The first-order valence-corrected chi connectivity index (χ1v) is 9.83. The molecule has 1 aromatic carbocycles. The number of anilines is 1. The smallest absolute Gasteiger partial charge is 0.251 e. The number of hydrogen-bond acceptors (Lipinski definition) is 3. The summed E-state index contributed by atoms with van der Waals surface area (Å²) >= 11 is 0. The van der Waals surface area contributed by atoms with Crippen LogP contribution in [0.3, 0.4) is 0 Å². The SMILES string of the molecule is CC(C)(C)NC(=O)c1ccc(N2C(=O)C3C(C2=O)C2CCC3C2(C)C)cc1. The normalized spacial score (nSPS) is 31.4. The molecule has 4 unspecified atom stereocenters. The second kappa shape index (κ2) is 5.66. The number of nitrogens with zero attached hydrogens (tertiary/aromatic N) is 1. The number of carbonyl (C=O) groups is 3. The summed E-state index contributed by atoms with van der Waals surface area (Å²) < 4.78 is 0. The van der Waals surface area contributed by atoms with Crippen LogP contribution >= 0.6 is 0 Å². The zero-order valence-corrected chi connectivity index (χ0v) is 16.7. The van der Waals surface area contributed by atoms with Gasteiger partial charge >= 0.3 is 0 Å². The highest BCUT2D eigenvalue weighted by Crippen LogP contribution is 2.65. The molecule has 1 saturated heterocycles. The van der Waals surface area contributed by atoms with Crippen molar-refractivity contribution < 1.29 is 14.4 Å². The Labute approximate surface area is 160 Å². The third kappa shape index (κ3) is 2.62. The van der Waals surface area contributed by atoms with E-state index in [9.17, 15) is 14.4 Å². The van der Waals surface area contributed by atoms with Crippen molar-refractivity contribution in [3.63, 3.8) is 0 Å². The fourth-order valence-corrected chi connectivity index (χ4v) is 5.65. The molecule has 144 valence electrons. The number of amides is 3. The molecule has 0 radical (unpaired) electrons. The van der Waals surface area contributed by atoms with Crippen molar-refractivity contribution in [3.05, 3.63) is 29.8 Å². The van der Waals surface area contributed by atoms with Crippen molar-refractivity contribution >= 4 is 23.4 Å². The predicted molar refractivity (Wildman–Crippen MR) is 103 cm³/mol. The first-order chi connectivity index (χ1) is 12.5. The highest BCUT2D eigenvalue weighted by molar-refractivity contribution is 6.22. The lowest BCUT2D eigenvalue weighted by atomic mass is 9.79. The fourth-order valence-electron chi connectivity index (χ4n) is 5.65. The first kappa shape index (κ1) is 18.2. The molecule has 2 bridgehead atoms. The van der Waals surface area contributed by atoms with E-state index in [1.54, 1.807) is 24.3 Å². The average molecular weight is 368 g/mol. The second-order valence-corrected chi connectivity index (χ2v) is 9.93. The second-order valence-electron chi connectivity index (χ2n) is 9.93. The van der Waals surface area contributed by atoms with Crippen LogP contribution in [0.15, 0.2) is 24.3 Å². The van der Waals surface area contributed by atoms with Crippen LogP contribution in [0, 0.1) is 29.1 Å². The molecule has 3 aliphatic rings. The molecule has 2 aliphatic carbocycles. The molecule has 5 heteroatoms. The van der Waals surface area contributed by atoms with Gasteiger partial charge in [0.25, 0.3) is 5.91 Å². The van der Waals surface area contributed by atoms with Crippen LogP contribution in [0.25, 0.3) is 0 Å². The van der Waals surface area contributed by atoms with Gasteiger partial charge in [-0.3, -0.25) is 19.3 Å². The number of rotatable bonds is 2. The Bertz CT molecular complexity index is 787. The predicted octanol–water partition coefficient (Wildman–Crippen LogP) is 3.39. The Balaban J connectivity index is 1.58. The van der Waals surface area contributed by atoms with Crippen LogP contribution in [0.2, 0.25) is 0 Å². The summed E-state index contributed by atoms with van der Waals surface area (Å²) in [5, 5.41) is 2.92. The zero-order chi connectivity index (χ0) is 19.7. The fraction of sp³-hybridized carbons (Fsp3) is 0.591. The molecule has 0 spiro atoms. The Kier molecular flexibility index (Phi) is 3.82. The van der Waals surface area contributed by atoms with Crippen LogP contribution in [-0.4, -0.2) is 23.3 Å². The summed E-state index contributed by atoms with van der Waals surface area (Å²) in [5.41, 5.74) is 0.847.